The quantitative estimate of drug-likeness (QED) is 0.365. The molecule has 31 heavy (non-hydrogen) atoms. The zero-order chi connectivity index (χ0) is 21.5. The first-order chi connectivity index (χ1) is 15.2. The number of ether oxygens (including phenoxy) is 2. The van der Waals surface area contributed by atoms with Crippen molar-refractivity contribution < 1.29 is 9.47 Å². The number of aromatic nitrogens is 3. The molecule has 0 saturated carbocycles. The SMILES string of the molecule is CCCCOc1ccc(Cc2nn(CN3CCOCC3)c(=S)n2-c2ccccc2)cc1. The molecule has 3 aromatic rings. The number of hydrogen-bond donors (Lipinski definition) is 0. The summed E-state index contributed by atoms with van der Waals surface area (Å²) < 4.78 is 16.0. The van der Waals surface area contributed by atoms with Crippen LogP contribution in [0.3, 0.4) is 0 Å². The zero-order valence-electron chi connectivity index (χ0n) is 18.1. The number of benzene rings is 2. The van der Waals surface area contributed by atoms with E-state index in [9.17, 15) is 0 Å². The van der Waals surface area contributed by atoms with Crippen molar-refractivity contribution >= 4 is 12.2 Å². The lowest BCUT2D eigenvalue weighted by Crippen LogP contribution is -2.37. The zero-order valence-corrected chi connectivity index (χ0v) is 18.9. The third-order valence-electron chi connectivity index (χ3n) is 5.41. The van der Waals surface area contributed by atoms with Gasteiger partial charge in [0, 0.05) is 25.2 Å². The Balaban J connectivity index is 1.58. The highest BCUT2D eigenvalue weighted by molar-refractivity contribution is 7.71. The minimum Gasteiger partial charge on any atom is -0.494 e. The van der Waals surface area contributed by atoms with Crippen LogP contribution in [0.1, 0.15) is 31.2 Å². The summed E-state index contributed by atoms with van der Waals surface area (Å²) in [5.41, 5.74) is 2.22. The molecule has 0 aliphatic carbocycles. The minimum absolute atomic E-state index is 0.680. The van der Waals surface area contributed by atoms with E-state index in [1.165, 1.54) is 5.56 Å². The molecule has 0 unspecified atom stereocenters. The Bertz CT molecular complexity index is 1010. The van der Waals surface area contributed by atoms with Crippen LogP contribution in [0.5, 0.6) is 5.75 Å². The molecule has 6 nitrogen and oxygen atoms in total. The lowest BCUT2D eigenvalue weighted by atomic mass is 10.1. The summed E-state index contributed by atoms with van der Waals surface area (Å²) in [5, 5.41) is 4.92. The van der Waals surface area contributed by atoms with E-state index in [4.69, 9.17) is 26.8 Å². The summed E-state index contributed by atoms with van der Waals surface area (Å²) >= 11 is 5.85. The maximum Gasteiger partial charge on any atom is 0.203 e. The standard InChI is InChI=1S/C24H30N4O2S/c1-2-3-15-30-22-11-9-20(10-12-22)18-23-25-27(19-26-13-16-29-17-14-26)24(31)28(23)21-7-5-4-6-8-21/h4-12H,2-3,13-19H2,1H3. The fraction of sp³-hybridized carbons (Fsp3) is 0.417. The molecule has 0 amide bonds. The van der Waals surface area contributed by atoms with Crippen molar-refractivity contribution in [2.24, 2.45) is 0 Å². The van der Waals surface area contributed by atoms with E-state index in [0.717, 1.165) is 63.0 Å². The Labute approximate surface area is 189 Å². The molecule has 0 N–H and O–H groups in total. The highest BCUT2D eigenvalue weighted by Crippen LogP contribution is 2.19. The second kappa shape index (κ2) is 10.7. The van der Waals surface area contributed by atoms with E-state index < -0.39 is 0 Å². The van der Waals surface area contributed by atoms with Gasteiger partial charge in [-0.15, -0.1) is 0 Å². The smallest absolute Gasteiger partial charge is 0.203 e. The number of para-hydroxylation sites is 1. The monoisotopic (exact) mass is 438 g/mol. The van der Waals surface area contributed by atoms with Gasteiger partial charge in [0.2, 0.25) is 4.77 Å². The maximum atomic E-state index is 5.85. The Hall–Kier alpha value is -2.48. The summed E-state index contributed by atoms with van der Waals surface area (Å²) in [6, 6.07) is 18.5. The van der Waals surface area contributed by atoms with Gasteiger partial charge in [0.05, 0.1) is 26.5 Å². The Morgan fingerprint density at radius 2 is 1.77 bits per heavy atom. The lowest BCUT2D eigenvalue weighted by Gasteiger charge is -2.26. The largest absolute Gasteiger partial charge is 0.494 e. The first-order valence-corrected chi connectivity index (χ1v) is 11.4. The van der Waals surface area contributed by atoms with E-state index >= 15 is 0 Å². The molecule has 0 atom stereocenters. The first-order valence-electron chi connectivity index (χ1n) is 11.0. The molecule has 0 bridgehead atoms. The average Bonchev–Trinajstić information content (AvgIpc) is 3.11. The Kier molecular flexibility index (Phi) is 7.51. The van der Waals surface area contributed by atoms with Crippen LogP contribution >= 0.6 is 12.2 Å². The maximum absolute atomic E-state index is 5.85. The Morgan fingerprint density at radius 3 is 2.48 bits per heavy atom. The predicted octanol–water partition coefficient (Wildman–Crippen LogP) is 4.46. The highest BCUT2D eigenvalue weighted by atomic mass is 32.1. The first kappa shape index (κ1) is 21.7. The van der Waals surface area contributed by atoms with Gasteiger partial charge in [0.15, 0.2) is 0 Å². The molecule has 2 aromatic carbocycles. The van der Waals surface area contributed by atoms with Gasteiger partial charge in [0.1, 0.15) is 11.6 Å². The molecule has 1 aliphatic rings. The fourth-order valence-electron chi connectivity index (χ4n) is 3.65. The van der Waals surface area contributed by atoms with Gasteiger partial charge in [-0.25, -0.2) is 4.68 Å². The van der Waals surface area contributed by atoms with Crippen LogP contribution in [-0.4, -0.2) is 52.2 Å². The van der Waals surface area contributed by atoms with Gasteiger partial charge in [-0.1, -0.05) is 43.7 Å². The molecule has 4 rings (SSSR count). The summed E-state index contributed by atoms with van der Waals surface area (Å²) in [7, 11) is 0. The number of rotatable bonds is 9. The molecular weight excluding hydrogens is 408 g/mol. The molecule has 1 aliphatic heterocycles. The molecular formula is C24H30N4O2S. The summed E-state index contributed by atoms with van der Waals surface area (Å²) in [4.78, 5) is 2.33. The van der Waals surface area contributed by atoms with Crippen molar-refractivity contribution in [3.05, 3.63) is 70.8 Å². The van der Waals surface area contributed by atoms with E-state index in [2.05, 4.69) is 40.7 Å². The van der Waals surface area contributed by atoms with E-state index in [1.54, 1.807) is 0 Å². The molecule has 1 saturated heterocycles. The third-order valence-corrected chi connectivity index (χ3v) is 5.80. The molecule has 0 radical (unpaired) electrons. The van der Waals surface area contributed by atoms with Crippen LogP contribution in [0.25, 0.3) is 5.69 Å². The van der Waals surface area contributed by atoms with Gasteiger partial charge < -0.3 is 9.47 Å². The number of morpholine rings is 1. The Morgan fingerprint density at radius 1 is 1.03 bits per heavy atom. The molecule has 2 heterocycles. The van der Waals surface area contributed by atoms with Crippen molar-refractivity contribution in [3.63, 3.8) is 0 Å². The van der Waals surface area contributed by atoms with Crippen molar-refractivity contribution in [1.82, 2.24) is 19.2 Å². The molecule has 1 fully saturated rings. The van der Waals surface area contributed by atoms with E-state index in [0.29, 0.717) is 17.9 Å². The van der Waals surface area contributed by atoms with Crippen molar-refractivity contribution in [2.75, 3.05) is 32.9 Å². The molecule has 7 heteroatoms. The molecule has 1 aromatic heterocycles. The normalized spacial score (nSPS) is 14.6. The average molecular weight is 439 g/mol. The van der Waals surface area contributed by atoms with Crippen molar-refractivity contribution in [2.45, 2.75) is 32.9 Å². The van der Waals surface area contributed by atoms with Crippen LogP contribution in [-0.2, 0) is 17.8 Å². The highest BCUT2D eigenvalue weighted by Gasteiger charge is 2.17. The lowest BCUT2D eigenvalue weighted by molar-refractivity contribution is 0.0209. The number of nitrogens with zero attached hydrogens (tertiary/aromatic N) is 4. The van der Waals surface area contributed by atoms with Crippen LogP contribution in [0.2, 0.25) is 0 Å². The van der Waals surface area contributed by atoms with Crippen molar-refractivity contribution in [1.29, 1.82) is 0 Å². The molecule has 164 valence electrons. The predicted molar refractivity (Wildman–Crippen MR) is 124 cm³/mol. The van der Waals surface area contributed by atoms with Gasteiger partial charge in [0.25, 0.3) is 0 Å². The van der Waals surface area contributed by atoms with E-state index in [1.807, 2.05) is 35.0 Å². The van der Waals surface area contributed by atoms with Gasteiger partial charge in [-0.05, 0) is 48.5 Å². The van der Waals surface area contributed by atoms with Crippen LogP contribution in [0, 0.1) is 4.77 Å². The summed E-state index contributed by atoms with van der Waals surface area (Å²) in [6.45, 7) is 6.91. The number of hydrogen-bond acceptors (Lipinski definition) is 5. The van der Waals surface area contributed by atoms with Gasteiger partial charge >= 0.3 is 0 Å². The summed E-state index contributed by atoms with van der Waals surface area (Å²) in [6.07, 6.45) is 2.90. The van der Waals surface area contributed by atoms with Gasteiger partial charge in [-0.2, -0.15) is 5.10 Å². The number of unbranched alkanes of at least 4 members (excludes halogenated alkanes) is 1. The van der Waals surface area contributed by atoms with Crippen molar-refractivity contribution in [3.8, 4) is 11.4 Å². The van der Waals surface area contributed by atoms with Gasteiger partial charge in [-0.3, -0.25) is 9.47 Å². The molecule has 0 spiro atoms. The second-order valence-corrected chi connectivity index (χ2v) is 8.13. The summed E-state index contributed by atoms with van der Waals surface area (Å²) in [5.74, 6) is 1.85. The van der Waals surface area contributed by atoms with E-state index in [-0.39, 0.29) is 0 Å². The minimum atomic E-state index is 0.680. The third kappa shape index (κ3) is 5.61. The van der Waals surface area contributed by atoms with Crippen LogP contribution in [0.4, 0.5) is 0 Å². The van der Waals surface area contributed by atoms with Crippen LogP contribution < -0.4 is 4.74 Å². The topological polar surface area (TPSA) is 44.4 Å². The second-order valence-electron chi connectivity index (χ2n) is 7.76. The fourth-order valence-corrected chi connectivity index (χ4v) is 3.96. The van der Waals surface area contributed by atoms with Crippen LogP contribution in [0.15, 0.2) is 54.6 Å².